The molecule has 21 nitrogen and oxygen atoms in total. The van der Waals surface area contributed by atoms with Crippen LogP contribution >= 0.6 is 0 Å². The van der Waals surface area contributed by atoms with E-state index in [4.69, 9.17) is 45.1 Å². The third kappa shape index (κ3) is 96.4. The molecule has 0 aromatic heterocycles. The Labute approximate surface area is 651 Å². The van der Waals surface area contributed by atoms with Gasteiger partial charge in [0.1, 0.15) is 0 Å². The predicted molar refractivity (Wildman–Crippen MR) is 468 cm³/mol. The number of carboxylic acid groups (broad SMARTS) is 3. The fourth-order valence-corrected chi connectivity index (χ4v) is 11.4. The van der Waals surface area contributed by atoms with E-state index >= 15 is 0 Å². The third-order valence-corrected chi connectivity index (χ3v) is 14.6. The van der Waals surface area contributed by atoms with Gasteiger partial charge in [0.15, 0.2) is 0 Å². The molecule has 0 aromatic carbocycles. The minimum atomic E-state index is -0.850. The molecule has 3 amide bonds. The van der Waals surface area contributed by atoms with Crippen LogP contribution in [0.1, 0.15) is 374 Å². The first-order valence-electron chi connectivity index (χ1n) is 29.9. The Bertz CT molecular complexity index is 1430. The fraction of sp³-hybridized carbons (Fsp3) is 0.927. The lowest BCUT2D eigenvalue weighted by Gasteiger charge is -2.48. The second kappa shape index (κ2) is 128. The Balaban J connectivity index is -0.0000000354. The van der Waals surface area contributed by atoms with Crippen LogP contribution in [0.3, 0.4) is 0 Å². The van der Waals surface area contributed by atoms with Gasteiger partial charge in [0.2, 0.25) is 17.7 Å². The maximum absolute atomic E-state index is 13.0. The molecule has 0 saturated carbocycles. The number of nitrogens with one attached hydrogen (secondary N) is 3. The summed E-state index contributed by atoms with van der Waals surface area (Å²) in [5.74, 6) is -2.04. The molecule has 0 bridgehead atoms. The molecule has 12 N–H and O–H groups in total. The summed E-state index contributed by atoms with van der Waals surface area (Å²) in [6.45, 7) is 16.9. The molecular weight excluding hydrogens is 1310 g/mol. The van der Waals surface area contributed by atoms with E-state index in [0.29, 0.717) is 117 Å². The lowest BCUT2D eigenvalue weighted by atomic mass is 9.57. The van der Waals surface area contributed by atoms with Gasteiger partial charge in [0.05, 0.1) is 79.3 Å². The molecule has 0 aliphatic rings. The van der Waals surface area contributed by atoms with Crippen LogP contribution in [-0.4, -0.2) is 177 Å². The van der Waals surface area contributed by atoms with Crippen LogP contribution in [0.15, 0.2) is 0 Å². The SMILES string of the molecule is C.C.C.C.C.C.C.C.C.C.C.C.C.C.C.C.C.C.C.C.C.C.C.C.CCCC(CCC(=O)NCCOCCO)C(CCC)(CCC(=O)NCCOCCO)C(CCC)CCC(=O)NCCOCCO.CCCC(CCC(=O)O)C(CCC)(CCC(=O)O)C(CCC)CCC(=O)O.NCCOCCO. The first-order chi connectivity index (χ1) is 38.0. The summed E-state index contributed by atoms with van der Waals surface area (Å²) >= 11 is 0. The van der Waals surface area contributed by atoms with Crippen molar-refractivity contribution in [1.29, 1.82) is 0 Å². The number of amides is 3. The number of aliphatic hydroxyl groups excluding tert-OH is 4. The first kappa shape index (κ1) is 184. The Morgan fingerprint density at radius 2 is 0.505 bits per heavy atom. The van der Waals surface area contributed by atoms with E-state index in [0.717, 1.165) is 77.0 Å². The Hall–Kier alpha value is -3.54. The van der Waals surface area contributed by atoms with Crippen LogP contribution < -0.4 is 21.7 Å². The maximum Gasteiger partial charge on any atom is 0.303 e. The lowest BCUT2D eigenvalue weighted by Crippen LogP contribution is -2.41. The second-order valence-corrected chi connectivity index (χ2v) is 20.4. The van der Waals surface area contributed by atoms with Crippen LogP contribution in [-0.2, 0) is 47.7 Å². The number of carbonyl (C=O) groups excluding carboxylic acids is 3. The summed E-state index contributed by atoms with van der Waals surface area (Å²) < 4.78 is 20.6. The number of aliphatic hydroxyl groups is 4. The smallest absolute Gasteiger partial charge is 0.303 e. The van der Waals surface area contributed by atoms with Crippen molar-refractivity contribution in [2.45, 2.75) is 374 Å². The van der Waals surface area contributed by atoms with Gasteiger partial charge in [0.25, 0.3) is 0 Å². The molecule has 4 unspecified atom stereocenters. The highest BCUT2D eigenvalue weighted by Crippen LogP contribution is 2.53. The molecule has 0 saturated heterocycles. The number of rotatable bonds is 53. The van der Waals surface area contributed by atoms with Crippen LogP contribution in [0, 0.1) is 34.5 Å². The molecule has 0 fully saturated rings. The van der Waals surface area contributed by atoms with Gasteiger partial charge in [-0.15, -0.1) is 0 Å². The zero-order valence-electron chi connectivity index (χ0n) is 49.9. The van der Waals surface area contributed by atoms with E-state index in [9.17, 15) is 44.1 Å². The van der Waals surface area contributed by atoms with E-state index < -0.39 is 17.9 Å². The lowest BCUT2D eigenvalue weighted by molar-refractivity contribution is -0.141. The van der Waals surface area contributed by atoms with Gasteiger partial charge < -0.3 is 76.4 Å². The average molecular weight is 1520 g/mol. The Morgan fingerprint density at radius 1 is 0.291 bits per heavy atom. The van der Waals surface area contributed by atoms with Gasteiger partial charge in [-0.1, -0.05) is 284 Å². The number of hydrogen-bond acceptors (Lipinski definition) is 15. The minimum Gasteiger partial charge on any atom is -0.481 e. The third-order valence-electron chi connectivity index (χ3n) is 14.6. The molecule has 0 spiro atoms. The van der Waals surface area contributed by atoms with Crippen molar-refractivity contribution in [3.05, 3.63) is 0 Å². The largest absolute Gasteiger partial charge is 0.481 e. The number of carboxylic acids is 3. The van der Waals surface area contributed by atoms with Crippen molar-refractivity contribution in [2.75, 3.05) is 105 Å². The minimum absolute atomic E-state index is 0. The van der Waals surface area contributed by atoms with E-state index in [1.807, 2.05) is 0 Å². The van der Waals surface area contributed by atoms with Crippen molar-refractivity contribution >= 4 is 35.6 Å². The number of hydrogen-bond donors (Lipinski definition) is 11. The standard InChI is InChI=1S/C33H65N3O9.C21H38O6.C4H11NO2.24CH4/c1-4-7-28(9-11-30(40)34-16-22-43-25-19-37)33(14-6-3,15-13-32(42)36-18-24-45-27-21-39)29(8-5-2)10-12-31(41)35-17-23-44-26-20-38;1-4-7-16(9-11-18(22)23)21(14-6-3,15-13-20(26)27)17(8-5-2)10-12-19(24)25;5-1-3-7-4-2-6;;;;;;;;;;;;;;;;;;;;;;;;/h28-29,37-39H,4-27H2,1-3H3,(H,34,40)(H,35,41)(H,36,42);16-17H,4-15H2,1-3H3,(H,22,23)(H,24,25)(H,26,27);6H,1-5H2;24*1H4. The molecule has 103 heavy (non-hydrogen) atoms. The normalized spacial score (nSPS) is 10.9. The number of carbonyl (C=O) groups is 6. The van der Waals surface area contributed by atoms with Crippen LogP contribution in [0.2, 0.25) is 0 Å². The highest BCUT2D eigenvalue weighted by atomic mass is 16.5. The molecule has 4 atom stereocenters. The van der Waals surface area contributed by atoms with Crippen molar-refractivity contribution in [2.24, 2.45) is 40.2 Å². The molecule has 0 aromatic rings. The van der Waals surface area contributed by atoms with Crippen molar-refractivity contribution in [3.8, 4) is 0 Å². The molecule has 0 aliphatic heterocycles. The summed E-state index contributed by atoms with van der Waals surface area (Å²) in [4.78, 5) is 72.4. The molecule has 21 heteroatoms. The molecule has 660 valence electrons. The van der Waals surface area contributed by atoms with Crippen LogP contribution in [0.4, 0.5) is 0 Å². The zero-order chi connectivity index (χ0) is 60.0. The zero-order valence-corrected chi connectivity index (χ0v) is 49.9. The first-order valence-corrected chi connectivity index (χ1v) is 29.9. The van der Waals surface area contributed by atoms with Gasteiger partial charge in [-0.05, 0) is 85.9 Å². The second-order valence-electron chi connectivity index (χ2n) is 20.4. The average Bonchev–Trinajstić information content (AvgIpc) is 0.805. The fourth-order valence-electron chi connectivity index (χ4n) is 11.4. The highest BCUT2D eigenvalue weighted by molar-refractivity contribution is 5.77. The van der Waals surface area contributed by atoms with Gasteiger partial charge in [-0.3, -0.25) is 28.8 Å². The Kier molecular flexibility index (Phi) is 228. The summed E-state index contributed by atoms with van der Waals surface area (Å²) in [6.07, 6.45) is 15.7. The van der Waals surface area contributed by atoms with E-state index in [1.54, 1.807) is 0 Å². The Morgan fingerprint density at radius 3 is 0.709 bits per heavy atom. The van der Waals surface area contributed by atoms with Gasteiger partial charge in [0, 0.05) is 64.7 Å². The predicted octanol–water partition coefficient (Wildman–Crippen LogP) is 21.7. The number of nitrogens with two attached hydrogens (primary N) is 1. The van der Waals surface area contributed by atoms with Crippen molar-refractivity contribution in [1.82, 2.24) is 16.0 Å². The van der Waals surface area contributed by atoms with E-state index in [1.165, 1.54) is 0 Å². The maximum atomic E-state index is 13.0. The highest BCUT2D eigenvalue weighted by Gasteiger charge is 2.45. The van der Waals surface area contributed by atoms with Crippen molar-refractivity contribution < 1.29 is 83.5 Å². The molecule has 0 heterocycles. The van der Waals surface area contributed by atoms with E-state index in [-0.39, 0.29) is 296 Å². The molecule has 0 aliphatic carbocycles. The summed E-state index contributed by atoms with van der Waals surface area (Å²) in [5.41, 5.74) is 4.53. The molecule has 0 rings (SSSR count). The number of aliphatic carboxylic acids is 3. The summed E-state index contributed by atoms with van der Waals surface area (Å²) in [6, 6.07) is 0. The van der Waals surface area contributed by atoms with Crippen LogP contribution in [0.25, 0.3) is 0 Å². The summed E-state index contributed by atoms with van der Waals surface area (Å²) in [7, 11) is 0. The van der Waals surface area contributed by atoms with Crippen molar-refractivity contribution in [3.63, 3.8) is 0 Å². The monoisotopic (exact) mass is 1520 g/mol. The van der Waals surface area contributed by atoms with Crippen LogP contribution in [0.5, 0.6) is 0 Å². The number of ether oxygens (including phenoxy) is 4. The summed E-state index contributed by atoms with van der Waals surface area (Å²) in [5, 5.41) is 71.3. The van der Waals surface area contributed by atoms with Gasteiger partial charge in [-0.2, -0.15) is 0 Å². The topological polar surface area (TPSA) is 343 Å². The van der Waals surface area contributed by atoms with Gasteiger partial charge in [-0.25, -0.2) is 0 Å². The molecule has 0 radical (unpaired) electrons. The quantitative estimate of drug-likeness (QED) is 0.0252. The molecular formula is C82H210N4O17. The van der Waals surface area contributed by atoms with E-state index in [2.05, 4.69) is 57.5 Å². The van der Waals surface area contributed by atoms with Gasteiger partial charge >= 0.3 is 17.9 Å².